The van der Waals surface area contributed by atoms with Gasteiger partial charge in [-0.15, -0.1) is 0 Å². The summed E-state index contributed by atoms with van der Waals surface area (Å²) in [6.45, 7) is 12.3. The van der Waals surface area contributed by atoms with Crippen LogP contribution in [0.3, 0.4) is 0 Å². The second kappa shape index (κ2) is 10.5. The molecule has 1 unspecified atom stereocenters. The molecule has 1 N–H and O–H groups in total. The van der Waals surface area contributed by atoms with Gasteiger partial charge in [0.05, 0.1) is 19.4 Å². The highest BCUT2D eigenvalue weighted by Crippen LogP contribution is 2.46. The number of hydrogen-bond acceptors (Lipinski definition) is 6. The van der Waals surface area contributed by atoms with Crippen LogP contribution in [-0.2, 0) is 9.59 Å². The number of carbonyl (C=O) groups is 2. The maximum absolute atomic E-state index is 13.6. The number of thiocarbonyl (C=S) groups is 1. The van der Waals surface area contributed by atoms with Gasteiger partial charge < -0.3 is 14.4 Å². The lowest BCUT2D eigenvalue weighted by Gasteiger charge is -2.48. The van der Waals surface area contributed by atoms with Crippen LogP contribution in [0.2, 0.25) is 0 Å². The first-order chi connectivity index (χ1) is 17.6. The molecule has 0 saturated carbocycles. The lowest BCUT2D eigenvalue weighted by Crippen LogP contribution is -2.54. The number of methoxy groups -OCH3 is 1. The third-order valence-corrected chi connectivity index (χ3v) is 7.28. The van der Waals surface area contributed by atoms with E-state index in [1.54, 1.807) is 37.5 Å². The fourth-order valence-corrected chi connectivity index (χ4v) is 5.65. The topological polar surface area (TPSA) is 71.1 Å². The normalized spacial score (nSPS) is 20.1. The molecule has 0 radical (unpaired) electrons. The van der Waals surface area contributed by atoms with Gasteiger partial charge in [-0.3, -0.25) is 19.8 Å². The predicted octanol–water partition coefficient (Wildman–Crippen LogP) is 5.43. The number of anilines is 2. The number of nitrogens with one attached hydrogen (secondary N) is 1. The summed E-state index contributed by atoms with van der Waals surface area (Å²) in [5.74, 6) is 0.594. The molecule has 0 bridgehead atoms. The van der Waals surface area contributed by atoms with E-state index in [1.807, 2.05) is 13.0 Å². The van der Waals surface area contributed by atoms with Crippen LogP contribution in [0.5, 0.6) is 11.5 Å². The van der Waals surface area contributed by atoms with Gasteiger partial charge >= 0.3 is 0 Å². The quantitative estimate of drug-likeness (QED) is 0.298. The summed E-state index contributed by atoms with van der Waals surface area (Å²) in [5.41, 5.74) is 3.56. The van der Waals surface area contributed by atoms with Crippen molar-refractivity contribution in [1.82, 2.24) is 5.32 Å². The fourth-order valence-electron chi connectivity index (χ4n) is 5.37. The molecule has 4 rings (SSSR count). The smallest absolute Gasteiger partial charge is 0.270 e. The molecule has 2 amide bonds. The minimum atomic E-state index is -0.529. The second-order valence-electron chi connectivity index (χ2n) is 10.1. The number of fused-ring (bicyclic) bond motifs is 1. The van der Waals surface area contributed by atoms with Crippen LogP contribution < -0.4 is 24.6 Å². The van der Waals surface area contributed by atoms with Crippen molar-refractivity contribution in [2.45, 2.75) is 58.9 Å². The standard InChI is InChI=1S/C29H35N3O4S/c1-7-13-31-24-16-25(35-6)19(14-22(24)18(3)17-29(31,4)5)15-23-26(33)30-28(37)32(27(23)34)20-9-11-21(12-10-20)36-8-2/h9-12,14-16,18H,7-8,13,17H2,1-6H3,(H,30,33,37)/b23-15-. The van der Waals surface area contributed by atoms with E-state index in [1.165, 1.54) is 10.5 Å². The molecule has 2 aromatic rings. The summed E-state index contributed by atoms with van der Waals surface area (Å²) in [6.07, 6.45) is 3.64. The van der Waals surface area contributed by atoms with Crippen LogP contribution in [0.15, 0.2) is 42.0 Å². The Balaban J connectivity index is 1.76. The Morgan fingerprint density at radius 3 is 2.49 bits per heavy atom. The molecular formula is C29H35N3O4S. The van der Waals surface area contributed by atoms with E-state index in [4.69, 9.17) is 21.7 Å². The number of ether oxygens (including phenoxy) is 2. The molecule has 1 saturated heterocycles. The highest BCUT2D eigenvalue weighted by molar-refractivity contribution is 7.80. The average molecular weight is 522 g/mol. The van der Waals surface area contributed by atoms with E-state index in [0.717, 1.165) is 25.1 Å². The van der Waals surface area contributed by atoms with Gasteiger partial charge in [-0.25, -0.2) is 0 Å². The number of carbonyl (C=O) groups excluding carboxylic acids is 2. The van der Waals surface area contributed by atoms with Crippen LogP contribution in [-0.4, -0.2) is 42.7 Å². The molecule has 1 fully saturated rings. The first kappa shape index (κ1) is 26.7. The van der Waals surface area contributed by atoms with Crippen molar-refractivity contribution in [3.8, 4) is 11.5 Å². The molecule has 7 nitrogen and oxygen atoms in total. The van der Waals surface area contributed by atoms with Gasteiger partial charge in [-0.05, 0) is 93.7 Å². The summed E-state index contributed by atoms with van der Waals surface area (Å²) in [6, 6.07) is 11.1. The van der Waals surface area contributed by atoms with E-state index < -0.39 is 11.8 Å². The first-order valence-corrected chi connectivity index (χ1v) is 13.2. The van der Waals surface area contributed by atoms with E-state index >= 15 is 0 Å². The highest BCUT2D eigenvalue weighted by atomic mass is 32.1. The predicted molar refractivity (Wildman–Crippen MR) is 152 cm³/mol. The van der Waals surface area contributed by atoms with Gasteiger partial charge in [0.15, 0.2) is 5.11 Å². The molecule has 0 aromatic heterocycles. The van der Waals surface area contributed by atoms with Crippen molar-refractivity contribution in [2.24, 2.45) is 0 Å². The molecule has 0 spiro atoms. The summed E-state index contributed by atoms with van der Waals surface area (Å²) in [4.78, 5) is 30.3. The fraction of sp³-hybridized carbons (Fsp3) is 0.414. The van der Waals surface area contributed by atoms with E-state index in [-0.39, 0.29) is 16.2 Å². The zero-order valence-corrected chi connectivity index (χ0v) is 23.2. The SMILES string of the molecule is CCCN1c2cc(OC)c(/C=C3/C(=O)NC(=S)N(c4ccc(OCC)cc4)C3=O)cc2C(C)CC1(C)C. The molecule has 8 heteroatoms. The third kappa shape index (κ3) is 5.07. The molecule has 196 valence electrons. The lowest BCUT2D eigenvalue weighted by atomic mass is 9.79. The summed E-state index contributed by atoms with van der Waals surface area (Å²) < 4.78 is 11.3. The Bertz CT molecular complexity index is 1250. The molecule has 37 heavy (non-hydrogen) atoms. The summed E-state index contributed by atoms with van der Waals surface area (Å²) in [7, 11) is 1.61. The van der Waals surface area contributed by atoms with Crippen LogP contribution in [0.4, 0.5) is 11.4 Å². The van der Waals surface area contributed by atoms with E-state index in [0.29, 0.717) is 35.3 Å². The summed E-state index contributed by atoms with van der Waals surface area (Å²) in [5, 5.41) is 2.70. The Morgan fingerprint density at radius 1 is 1.16 bits per heavy atom. The minimum absolute atomic E-state index is 0.00468. The maximum Gasteiger partial charge on any atom is 0.270 e. The Hall–Kier alpha value is -3.39. The Kier molecular flexibility index (Phi) is 7.59. The zero-order chi connectivity index (χ0) is 26.9. The first-order valence-electron chi connectivity index (χ1n) is 12.7. The Labute approximate surface area is 224 Å². The number of amides is 2. The van der Waals surface area contributed by atoms with Crippen molar-refractivity contribution in [3.63, 3.8) is 0 Å². The van der Waals surface area contributed by atoms with Crippen LogP contribution >= 0.6 is 12.2 Å². The molecule has 2 aliphatic heterocycles. The average Bonchev–Trinajstić information content (AvgIpc) is 2.85. The number of rotatable bonds is 7. The Morgan fingerprint density at radius 2 is 1.86 bits per heavy atom. The lowest BCUT2D eigenvalue weighted by molar-refractivity contribution is -0.122. The van der Waals surface area contributed by atoms with Crippen molar-refractivity contribution in [3.05, 3.63) is 53.1 Å². The van der Waals surface area contributed by atoms with Crippen LogP contribution in [0, 0.1) is 0 Å². The summed E-state index contributed by atoms with van der Waals surface area (Å²) >= 11 is 5.35. The second-order valence-corrected chi connectivity index (χ2v) is 10.5. The monoisotopic (exact) mass is 521 g/mol. The molecule has 1 atom stereocenters. The van der Waals surface area contributed by atoms with Gasteiger partial charge in [0, 0.05) is 29.4 Å². The van der Waals surface area contributed by atoms with Crippen molar-refractivity contribution in [1.29, 1.82) is 0 Å². The van der Waals surface area contributed by atoms with Gasteiger partial charge in [0.1, 0.15) is 17.1 Å². The van der Waals surface area contributed by atoms with Gasteiger partial charge in [0.2, 0.25) is 0 Å². The van der Waals surface area contributed by atoms with Crippen LogP contribution in [0.25, 0.3) is 6.08 Å². The van der Waals surface area contributed by atoms with Gasteiger partial charge in [-0.1, -0.05) is 13.8 Å². The van der Waals surface area contributed by atoms with E-state index in [2.05, 4.69) is 44.0 Å². The minimum Gasteiger partial charge on any atom is -0.496 e. The van der Waals surface area contributed by atoms with Crippen molar-refractivity contribution in [2.75, 3.05) is 30.1 Å². The van der Waals surface area contributed by atoms with Crippen molar-refractivity contribution < 1.29 is 19.1 Å². The molecule has 2 heterocycles. The third-order valence-electron chi connectivity index (χ3n) is 6.99. The van der Waals surface area contributed by atoms with Crippen molar-refractivity contribution >= 4 is 46.6 Å². The largest absolute Gasteiger partial charge is 0.496 e. The van der Waals surface area contributed by atoms with Gasteiger partial charge in [0.25, 0.3) is 11.8 Å². The number of benzene rings is 2. The number of nitrogens with zero attached hydrogens (tertiary/aromatic N) is 2. The van der Waals surface area contributed by atoms with E-state index in [9.17, 15) is 9.59 Å². The van der Waals surface area contributed by atoms with Crippen LogP contribution in [0.1, 0.15) is 64.5 Å². The van der Waals surface area contributed by atoms with Gasteiger partial charge in [-0.2, -0.15) is 0 Å². The molecule has 2 aromatic carbocycles. The number of hydrogen-bond donors (Lipinski definition) is 1. The highest BCUT2D eigenvalue weighted by Gasteiger charge is 2.38. The molecule has 0 aliphatic carbocycles. The zero-order valence-electron chi connectivity index (χ0n) is 22.4. The molecular weight excluding hydrogens is 486 g/mol. The molecule has 2 aliphatic rings. The maximum atomic E-state index is 13.6.